The number of alkyl carbamates (subject to hydrolysis) is 2. The maximum atomic E-state index is 12.6. The molecule has 1 aliphatic heterocycles. The second kappa shape index (κ2) is 13.9. The summed E-state index contributed by atoms with van der Waals surface area (Å²) in [5, 5.41) is 5.62. The Kier molecular flexibility index (Phi) is 11.5. The van der Waals surface area contributed by atoms with Gasteiger partial charge in [-0.2, -0.15) is 0 Å². The van der Waals surface area contributed by atoms with Crippen LogP contribution in [-0.4, -0.2) is 64.3 Å². The molecule has 4 amide bonds. The van der Waals surface area contributed by atoms with Gasteiger partial charge >= 0.3 is 12.2 Å². The molecule has 0 unspecified atom stereocenters. The number of nitrogens with one attached hydrogen (secondary N) is 2. The smallest absolute Gasteiger partial charge is 0.407 e. The van der Waals surface area contributed by atoms with Crippen LogP contribution < -0.4 is 28.1 Å². The highest BCUT2D eigenvalue weighted by Gasteiger charge is 2.45. The molecule has 4 rings (SSSR count). The first kappa shape index (κ1) is 33.0. The van der Waals surface area contributed by atoms with Gasteiger partial charge in [-0.05, 0) is 92.2 Å². The van der Waals surface area contributed by atoms with E-state index in [1.165, 1.54) is 4.90 Å². The molecule has 8 N–H and O–H groups in total. The van der Waals surface area contributed by atoms with Gasteiger partial charge in [0.2, 0.25) is 0 Å². The molecule has 2 saturated carbocycles. The largest absolute Gasteiger partial charge is 0.444 e. The maximum absolute atomic E-state index is 12.6. The molecule has 2 aliphatic carbocycles. The van der Waals surface area contributed by atoms with E-state index in [1.54, 1.807) is 45.0 Å². The van der Waals surface area contributed by atoms with Gasteiger partial charge in [-0.15, -0.1) is 0 Å². The summed E-state index contributed by atoms with van der Waals surface area (Å²) < 4.78 is 10.4. The van der Waals surface area contributed by atoms with Crippen LogP contribution in [0.2, 0.25) is 0 Å². The SMILES string of the molecule is CC(C)(C)OC(=O)N[C@H]1CCC[C@H]1N.CC(C)(C)OC(=O)N[C@H]1CCC[C@H]1N1C(=O)c2ccccc2C1=O.NN. The van der Waals surface area contributed by atoms with Crippen LogP contribution >= 0.6 is 0 Å². The topological polar surface area (TPSA) is 192 Å². The average molecular weight is 563 g/mol. The van der Waals surface area contributed by atoms with E-state index in [-0.39, 0.29) is 42.1 Å². The number of nitrogens with zero attached hydrogens (tertiary/aromatic N) is 1. The standard InChI is InChI=1S/C18H22N2O4.C10H20N2O2.H4N2/c1-18(2,3)24-17(23)19-13-9-6-10-14(13)20-15(21)11-7-4-5-8-12(11)16(20)22;1-10(2,3)14-9(13)12-8-6-4-5-7(8)11;1-2/h4-5,7-8,13-14H,6,9-10H2,1-3H3,(H,19,23);7-8H,4-6,11H2,1-3H3,(H,12,13);1-2H2/t13-,14+;7-,8+;/m01./s1. The molecule has 0 saturated heterocycles. The molecule has 1 heterocycles. The number of hydrogen-bond acceptors (Lipinski definition) is 9. The number of hydrazine groups is 1. The maximum Gasteiger partial charge on any atom is 0.407 e. The summed E-state index contributed by atoms with van der Waals surface area (Å²) in [4.78, 5) is 49.9. The first-order chi connectivity index (χ1) is 18.7. The normalized spacial score (nSPS) is 23.8. The summed E-state index contributed by atoms with van der Waals surface area (Å²) in [6, 6.07) is 6.40. The van der Waals surface area contributed by atoms with Crippen LogP contribution in [0.15, 0.2) is 24.3 Å². The number of imide groups is 1. The van der Waals surface area contributed by atoms with E-state index in [0.717, 1.165) is 32.1 Å². The van der Waals surface area contributed by atoms with Gasteiger partial charge in [0.1, 0.15) is 11.2 Å². The number of carbonyl (C=O) groups is 4. The third-order valence-corrected chi connectivity index (χ3v) is 6.61. The Hall–Kier alpha value is -3.22. The van der Waals surface area contributed by atoms with Crippen LogP contribution in [0.4, 0.5) is 9.59 Å². The number of fused-ring (bicyclic) bond motifs is 1. The van der Waals surface area contributed by atoms with E-state index in [2.05, 4.69) is 22.3 Å². The van der Waals surface area contributed by atoms with Gasteiger partial charge in [0.05, 0.1) is 23.2 Å². The monoisotopic (exact) mass is 562 g/mol. The van der Waals surface area contributed by atoms with E-state index in [1.807, 2.05) is 20.8 Å². The average Bonchev–Trinajstić information content (AvgIpc) is 3.52. The zero-order valence-electron chi connectivity index (χ0n) is 24.5. The Bertz CT molecular complexity index is 1020. The lowest BCUT2D eigenvalue weighted by atomic mass is 10.1. The van der Waals surface area contributed by atoms with Gasteiger partial charge in [0.15, 0.2) is 0 Å². The molecule has 12 heteroatoms. The lowest BCUT2D eigenvalue weighted by Crippen LogP contribution is -2.51. The quantitative estimate of drug-likeness (QED) is 0.209. The van der Waals surface area contributed by atoms with E-state index in [4.69, 9.17) is 15.2 Å². The van der Waals surface area contributed by atoms with Gasteiger partial charge in [0, 0.05) is 12.1 Å². The van der Waals surface area contributed by atoms with Gasteiger partial charge in [-0.25, -0.2) is 9.59 Å². The van der Waals surface area contributed by atoms with Gasteiger partial charge < -0.3 is 25.8 Å². The minimum Gasteiger partial charge on any atom is -0.444 e. The van der Waals surface area contributed by atoms with Crippen molar-refractivity contribution < 1.29 is 28.7 Å². The van der Waals surface area contributed by atoms with Crippen molar-refractivity contribution in [3.05, 3.63) is 35.4 Å². The molecular formula is C28H46N6O6. The minimum absolute atomic E-state index is 0.0857. The number of carbonyl (C=O) groups excluding carboxylic acids is 4. The fourth-order valence-corrected chi connectivity index (χ4v) is 5.01. The molecular weight excluding hydrogens is 516 g/mol. The highest BCUT2D eigenvalue weighted by molar-refractivity contribution is 6.21. The number of amides is 4. The van der Waals surface area contributed by atoms with E-state index in [0.29, 0.717) is 17.5 Å². The Morgan fingerprint density at radius 3 is 1.62 bits per heavy atom. The summed E-state index contributed by atoms with van der Waals surface area (Å²) in [7, 11) is 0. The van der Waals surface area contributed by atoms with Crippen molar-refractivity contribution in [2.75, 3.05) is 0 Å². The lowest BCUT2D eigenvalue weighted by molar-refractivity contribution is 0.0431. The second-order valence-corrected chi connectivity index (χ2v) is 12.1. The molecule has 0 aromatic heterocycles. The molecule has 0 spiro atoms. The summed E-state index contributed by atoms with van der Waals surface area (Å²) in [6.07, 6.45) is 4.40. The summed E-state index contributed by atoms with van der Waals surface area (Å²) in [5.41, 5.74) is 5.66. The summed E-state index contributed by atoms with van der Waals surface area (Å²) in [5.74, 6) is 7.44. The molecule has 4 atom stereocenters. The molecule has 0 radical (unpaired) electrons. The Labute approximate surface area is 236 Å². The highest BCUT2D eigenvalue weighted by atomic mass is 16.6. The number of nitrogens with two attached hydrogens (primary N) is 3. The number of hydrogen-bond donors (Lipinski definition) is 5. The van der Waals surface area contributed by atoms with E-state index >= 15 is 0 Å². The van der Waals surface area contributed by atoms with E-state index in [9.17, 15) is 19.2 Å². The zero-order valence-corrected chi connectivity index (χ0v) is 24.5. The van der Waals surface area contributed by atoms with Gasteiger partial charge in [-0.3, -0.25) is 26.2 Å². The molecule has 1 aromatic rings. The van der Waals surface area contributed by atoms with Gasteiger partial charge in [-0.1, -0.05) is 12.1 Å². The van der Waals surface area contributed by atoms with Crippen LogP contribution in [0.25, 0.3) is 0 Å². The van der Waals surface area contributed by atoms with Gasteiger partial charge in [0.25, 0.3) is 11.8 Å². The highest BCUT2D eigenvalue weighted by Crippen LogP contribution is 2.32. The number of benzene rings is 1. The predicted octanol–water partition coefficient (Wildman–Crippen LogP) is 2.94. The van der Waals surface area contributed by atoms with Crippen LogP contribution in [0.3, 0.4) is 0 Å². The first-order valence-corrected chi connectivity index (χ1v) is 13.7. The summed E-state index contributed by atoms with van der Waals surface area (Å²) >= 11 is 0. The van der Waals surface area contributed by atoms with E-state index < -0.39 is 17.3 Å². The zero-order chi connectivity index (χ0) is 30.3. The molecule has 3 aliphatic rings. The Morgan fingerprint density at radius 1 is 0.775 bits per heavy atom. The van der Waals surface area contributed by atoms with Crippen LogP contribution in [0, 0.1) is 0 Å². The first-order valence-electron chi connectivity index (χ1n) is 13.7. The van der Waals surface area contributed by atoms with Crippen molar-refractivity contribution in [3.8, 4) is 0 Å². The van der Waals surface area contributed by atoms with Crippen molar-refractivity contribution in [2.45, 2.75) is 115 Å². The lowest BCUT2D eigenvalue weighted by Gasteiger charge is -2.29. The fourth-order valence-electron chi connectivity index (χ4n) is 5.01. The molecule has 12 nitrogen and oxygen atoms in total. The van der Waals surface area contributed by atoms with Crippen molar-refractivity contribution in [3.63, 3.8) is 0 Å². The number of ether oxygens (including phenoxy) is 2. The predicted molar refractivity (Wildman–Crippen MR) is 151 cm³/mol. The molecule has 40 heavy (non-hydrogen) atoms. The Morgan fingerprint density at radius 2 is 1.20 bits per heavy atom. The molecule has 224 valence electrons. The molecule has 2 fully saturated rings. The van der Waals surface area contributed by atoms with Crippen molar-refractivity contribution >= 4 is 24.0 Å². The summed E-state index contributed by atoms with van der Waals surface area (Å²) in [6.45, 7) is 10.9. The van der Waals surface area contributed by atoms with Crippen molar-refractivity contribution in [2.24, 2.45) is 17.4 Å². The van der Waals surface area contributed by atoms with Crippen molar-refractivity contribution in [1.29, 1.82) is 0 Å². The Balaban J connectivity index is 0.000000299. The third kappa shape index (κ3) is 9.17. The molecule has 1 aromatic carbocycles. The fraction of sp³-hybridized carbons (Fsp3) is 0.643. The minimum atomic E-state index is -0.590. The van der Waals surface area contributed by atoms with Crippen LogP contribution in [0.5, 0.6) is 0 Å². The van der Waals surface area contributed by atoms with Crippen LogP contribution in [-0.2, 0) is 9.47 Å². The third-order valence-electron chi connectivity index (χ3n) is 6.61. The van der Waals surface area contributed by atoms with Crippen molar-refractivity contribution in [1.82, 2.24) is 15.5 Å². The number of rotatable bonds is 3. The second-order valence-electron chi connectivity index (χ2n) is 12.1. The molecule has 0 bridgehead atoms. The van der Waals surface area contributed by atoms with Crippen LogP contribution in [0.1, 0.15) is 101 Å².